The van der Waals surface area contributed by atoms with Gasteiger partial charge in [0.1, 0.15) is 18.5 Å². The van der Waals surface area contributed by atoms with Gasteiger partial charge in [0.15, 0.2) is 5.75 Å². The van der Waals surface area contributed by atoms with Gasteiger partial charge in [0.25, 0.3) is 0 Å². The minimum atomic E-state index is -0.156. The third-order valence-corrected chi connectivity index (χ3v) is 4.64. The van der Waals surface area contributed by atoms with Crippen LogP contribution in [0.1, 0.15) is 12.8 Å². The Morgan fingerprint density at radius 1 is 1.32 bits per heavy atom. The molecule has 1 fully saturated rings. The Kier molecular flexibility index (Phi) is 5.67. The minimum Gasteiger partial charge on any atom is -0.487 e. The van der Waals surface area contributed by atoms with Crippen LogP contribution in [0.5, 0.6) is 5.75 Å². The van der Waals surface area contributed by atoms with Gasteiger partial charge in [-0.15, -0.1) is 11.8 Å². The number of esters is 1. The highest BCUT2D eigenvalue weighted by atomic mass is 35.5. The first-order valence-corrected chi connectivity index (χ1v) is 7.84. The van der Waals surface area contributed by atoms with Gasteiger partial charge < -0.3 is 9.47 Å². The van der Waals surface area contributed by atoms with Gasteiger partial charge in [-0.3, -0.25) is 4.79 Å². The molecule has 1 atom stereocenters. The number of thioether (sulfide) groups is 1. The Bertz CT molecular complexity index is 427. The monoisotopic (exact) mass is 320 g/mol. The number of hydrogen-bond acceptors (Lipinski definition) is 4. The maximum Gasteiger partial charge on any atom is 0.319 e. The van der Waals surface area contributed by atoms with Crippen molar-refractivity contribution in [3.8, 4) is 5.75 Å². The first-order valence-electron chi connectivity index (χ1n) is 6.03. The zero-order chi connectivity index (χ0) is 13.7. The zero-order valence-electron chi connectivity index (χ0n) is 10.2. The van der Waals surface area contributed by atoms with Crippen molar-refractivity contribution in [2.45, 2.75) is 18.1 Å². The van der Waals surface area contributed by atoms with E-state index in [2.05, 4.69) is 0 Å². The van der Waals surface area contributed by atoms with Crippen LogP contribution in [0.4, 0.5) is 0 Å². The standard InChI is InChI=1S/C13H14Cl2O3S/c14-9-3-1-4-10(15)12(9)17-6-7-18-13(16)11-5-2-8-19-11/h1,3-4,11H,2,5-8H2/t11-/m0/s1. The molecule has 0 spiro atoms. The predicted molar refractivity (Wildman–Crippen MR) is 78.4 cm³/mol. The first kappa shape index (κ1) is 14.8. The second-order valence-corrected chi connectivity index (χ2v) is 6.19. The summed E-state index contributed by atoms with van der Waals surface area (Å²) in [5, 5.41) is 0.888. The molecule has 0 unspecified atom stereocenters. The number of benzene rings is 1. The highest BCUT2D eigenvalue weighted by molar-refractivity contribution is 8.00. The van der Waals surface area contributed by atoms with Crippen molar-refractivity contribution in [3.05, 3.63) is 28.2 Å². The van der Waals surface area contributed by atoms with Crippen molar-refractivity contribution in [3.63, 3.8) is 0 Å². The van der Waals surface area contributed by atoms with Crippen molar-refractivity contribution in [2.75, 3.05) is 19.0 Å². The highest BCUT2D eigenvalue weighted by Gasteiger charge is 2.24. The second kappa shape index (κ2) is 7.27. The van der Waals surface area contributed by atoms with Gasteiger partial charge in [0, 0.05) is 0 Å². The molecule has 1 aromatic carbocycles. The number of carbonyl (C=O) groups is 1. The third kappa shape index (κ3) is 4.20. The molecule has 0 N–H and O–H groups in total. The molecular formula is C13H14Cl2O3S. The van der Waals surface area contributed by atoms with Crippen LogP contribution in [0.25, 0.3) is 0 Å². The van der Waals surface area contributed by atoms with Crippen molar-refractivity contribution >= 4 is 40.9 Å². The quantitative estimate of drug-likeness (QED) is 0.610. The summed E-state index contributed by atoms with van der Waals surface area (Å²) in [7, 11) is 0. The zero-order valence-corrected chi connectivity index (χ0v) is 12.6. The van der Waals surface area contributed by atoms with Crippen molar-refractivity contribution in [1.82, 2.24) is 0 Å². The molecule has 0 amide bonds. The number of para-hydroxylation sites is 1. The van der Waals surface area contributed by atoms with Gasteiger partial charge in [-0.2, -0.15) is 0 Å². The molecule has 0 aliphatic carbocycles. The molecule has 6 heteroatoms. The summed E-state index contributed by atoms with van der Waals surface area (Å²) in [5.41, 5.74) is 0. The topological polar surface area (TPSA) is 35.5 Å². The lowest BCUT2D eigenvalue weighted by Crippen LogP contribution is -2.20. The van der Waals surface area contributed by atoms with Crippen molar-refractivity contribution in [1.29, 1.82) is 0 Å². The number of ether oxygens (including phenoxy) is 2. The maximum atomic E-state index is 11.6. The Hall–Kier alpha value is -0.580. The molecule has 1 aromatic rings. The van der Waals surface area contributed by atoms with Gasteiger partial charge in [-0.1, -0.05) is 29.3 Å². The molecule has 1 aliphatic heterocycles. The van der Waals surface area contributed by atoms with Crippen LogP contribution in [0, 0.1) is 0 Å². The van der Waals surface area contributed by atoms with Crippen LogP contribution in [0.15, 0.2) is 18.2 Å². The highest BCUT2D eigenvalue weighted by Crippen LogP contribution is 2.32. The number of carbonyl (C=O) groups excluding carboxylic acids is 1. The molecule has 19 heavy (non-hydrogen) atoms. The molecule has 1 saturated heterocycles. The van der Waals surface area contributed by atoms with E-state index in [0.29, 0.717) is 15.8 Å². The molecule has 0 bridgehead atoms. The van der Waals surface area contributed by atoms with Crippen LogP contribution >= 0.6 is 35.0 Å². The van der Waals surface area contributed by atoms with E-state index in [-0.39, 0.29) is 24.4 Å². The van der Waals surface area contributed by atoms with Gasteiger partial charge in [0.05, 0.1) is 10.0 Å². The number of rotatable bonds is 5. The maximum absolute atomic E-state index is 11.6. The third-order valence-electron chi connectivity index (χ3n) is 2.69. The van der Waals surface area contributed by atoms with Gasteiger partial charge >= 0.3 is 5.97 Å². The van der Waals surface area contributed by atoms with Crippen LogP contribution in [0.3, 0.4) is 0 Å². The van der Waals surface area contributed by atoms with E-state index in [1.54, 1.807) is 30.0 Å². The fourth-order valence-corrected chi connectivity index (χ4v) is 3.42. The lowest BCUT2D eigenvalue weighted by molar-refractivity contribution is -0.143. The molecule has 104 valence electrons. The molecule has 1 aliphatic rings. The molecule has 1 heterocycles. The Labute approximate surface area is 126 Å². The van der Waals surface area contributed by atoms with E-state index >= 15 is 0 Å². The SMILES string of the molecule is O=C(OCCOc1c(Cl)cccc1Cl)[C@@H]1CCCS1. The van der Waals surface area contributed by atoms with Crippen LogP contribution < -0.4 is 4.74 Å². The summed E-state index contributed by atoms with van der Waals surface area (Å²) >= 11 is 13.6. The normalized spacial score (nSPS) is 18.3. The fraction of sp³-hybridized carbons (Fsp3) is 0.462. The van der Waals surface area contributed by atoms with Gasteiger partial charge in [-0.25, -0.2) is 0 Å². The second-order valence-electron chi connectivity index (χ2n) is 4.07. The van der Waals surface area contributed by atoms with E-state index in [1.165, 1.54) is 0 Å². The molecular weight excluding hydrogens is 307 g/mol. The summed E-state index contributed by atoms with van der Waals surface area (Å²) in [5.74, 6) is 1.30. The van der Waals surface area contributed by atoms with E-state index in [9.17, 15) is 4.79 Å². The van der Waals surface area contributed by atoms with E-state index in [1.807, 2.05) is 0 Å². The minimum absolute atomic E-state index is 0.0103. The molecule has 0 aromatic heterocycles. The lowest BCUT2D eigenvalue weighted by Gasteiger charge is -2.11. The summed E-state index contributed by atoms with van der Waals surface area (Å²) < 4.78 is 10.6. The van der Waals surface area contributed by atoms with E-state index in [4.69, 9.17) is 32.7 Å². The fourth-order valence-electron chi connectivity index (χ4n) is 1.76. The molecule has 0 saturated carbocycles. The average Bonchev–Trinajstić information content (AvgIpc) is 2.91. The Morgan fingerprint density at radius 2 is 2.05 bits per heavy atom. The summed E-state index contributed by atoms with van der Waals surface area (Å²) in [6.45, 7) is 0.448. The van der Waals surface area contributed by atoms with Crippen molar-refractivity contribution < 1.29 is 14.3 Å². The van der Waals surface area contributed by atoms with Crippen LogP contribution in [-0.4, -0.2) is 30.2 Å². The molecule has 2 rings (SSSR count). The Balaban J connectivity index is 1.73. The Morgan fingerprint density at radius 3 is 2.68 bits per heavy atom. The average molecular weight is 321 g/mol. The van der Waals surface area contributed by atoms with Crippen LogP contribution in [0.2, 0.25) is 10.0 Å². The van der Waals surface area contributed by atoms with Crippen molar-refractivity contribution in [2.24, 2.45) is 0 Å². The number of hydrogen-bond donors (Lipinski definition) is 0. The van der Waals surface area contributed by atoms with Crippen LogP contribution in [-0.2, 0) is 9.53 Å². The van der Waals surface area contributed by atoms with Gasteiger partial charge in [-0.05, 0) is 30.7 Å². The van der Waals surface area contributed by atoms with E-state index < -0.39 is 0 Å². The first-order chi connectivity index (χ1) is 9.18. The van der Waals surface area contributed by atoms with Gasteiger partial charge in [0.2, 0.25) is 0 Å². The summed E-state index contributed by atoms with van der Waals surface area (Å²) in [4.78, 5) is 11.6. The van der Waals surface area contributed by atoms with E-state index in [0.717, 1.165) is 18.6 Å². The molecule has 3 nitrogen and oxygen atoms in total. The number of halogens is 2. The summed E-state index contributed by atoms with van der Waals surface area (Å²) in [6.07, 6.45) is 1.98. The smallest absolute Gasteiger partial charge is 0.319 e. The largest absolute Gasteiger partial charge is 0.487 e. The predicted octanol–water partition coefficient (Wildman–Crippen LogP) is 3.81. The molecule has 0 radical (unpaired) electrons. The summed E-state index contributed by atoms with van der Waals surface area (Å²) in [6, 6.07) is 5.14. The lowest BCUT2D eigenvalue weighted by atomic mass is 10.2.